The summed E-state index contributed by atoms with van der Waals surface area (Å²) in [6.45, 7) is 2.09. The fraction of sp³-hybridized carbons (Fsp3) is 0.333. The Bertz CT molecular complexity index is 367. The topological polar surface area (TPSA) is 38.9 Å². The Hall–Kier alpha value is -1.16. The third kappa shape index (κ3) is 1.78. The molecule has 3 nitrogen and oxygen atoms in total. The summed E-state index contributed by atoms with van der Waals surface area (Å²) in [5.41, 5.74) is 1.01. The Balaban J connectivity index is 2.23. The number of nitrogens with zero attached hydrogens (tertiary/aromatic N) is 2. The fourth-order valence-electron chi connectivity index (χ4n) is 1.07. The Kier molecular flexibility index (Phi) is 2.40. The molecule has 0 aromatic carbocycles. The van der Waals surface area contributed by atoms with Gasteiger partial charge in [0, 0.05) is 17.4 Å². The maximum absolute atomic E-state index is 5.45. The summed E-state index contributed by atoms with van der Waals surface area (Å²) < 4.78 is 5.45. The van der Waals surface area contributed by atoms with Gasteiger partial charge >= 0.3 is 0 Å². The van der Waals surface area contributed by atoms with Gasteiger partial charge in [0.25, 0.3) is 0 Å². The molecular weight excluding hydrogens is 184 g/mol. The molecule has 2 aromatic heterocycles. The smallest absolute Gasteiger partial charge is 0.248 e. The molecule has 0 aliphatic rings. The lowest BCUT2D eigenvalue weighted by atomic mass is 10.3. The molecule has 4 heteroatoms. The second-order valence-electron chi connectivity index (χ2n) is 2.76. The highest BCUT2D eigenvalue weighted by Crippen LogP contribution is 2.20. The van der Waals surface area contributed by atoms with E-state index in [0.29, 0.717) is 5.89 Å². The molecule has 2 rings (SSSR count). The average molecular weight is 194 g/mol. The van der Waals surface area contributed by atoms with E-state index in [1.165, 1.54) is 0 Å². The minimum atomic E-state index is 0.629. The number of aryl methyl sites for hydroxylation is 1. The maximum Gasteiger partial charge on any atom is 0.248 e. The first-order valence-corrected chi connectivity index (χ1v) is 5.19. The SMILES string of the molecule is CCCc1nnc(-c2ccsc2)o1. The van der Waals surface area contributed by atoms with Gasteiger partial charge < -0.3 is 4.42 Å². The molecular formula is C9H10N2OS. The quantitative estimate of drug-likeness (QED) is 0.754. The Morgan fingerprint density at radius 2 is 2.38 bits per heavy atom. The number of rotatable bonds is 3. The van der Waals surface area contributed by atoms with E-state index in [1.54, 1.807) is 11.3 Å². The molecule has 0 N–H and O–H groups in total. The van der Waals surface area contributed by atoms with E-state index in [1.807, 2.05) is 16.8 Å². The second-order valence-corrected chi connectivity index (χ2v) is 3.54. The zero-order valence-electron chi connectivity index (χ0n) is 7.36. The number of hydrogen-bond donors (Lipinski definition) is 0. The van der Waals surface area contributed by atoms with Crippen LogP contribution in [0.2, 0.25) is 0 Å². The molecule has 0 atom stereocenters. The predicted molar refractivity (Wildman–Crippen MR) is 51.6 cm³/mol. The molecule has 2 heterocycles. The minimum absolute atomic E-state index is 0.629. The molecule has 0 spiro atoms. The van der Waals surface area contributed by atoms with Crippen LogP contribution >= 0.6 is 11.3 Å². The van der Waals surface area contributed by atoms with E-state index in [9.17, 15) is 0 Å². The highest BCUT2D eigenvalue weighted by atomic mass is 32.1. The van der Waals surface area contributed by atoms with E-state index >= 15 is 0 Å². The van der Waals surface area contributed by atoms with E-state index in [4.69, 9.17) is 4.42 Å². The third-order valence-corrected chi connectivity index (χ3v) is 2.38. The molecule has 0 radical (unpaired) electrons. The van der Waals surface area contributed by atoms with Crippen molar-refractivity contribution in [1.82, 2.24) is 10.2 Å². The summed E-state index contributed by atoms with van der Waals surface area (Å²) in [5, 5.41) is 11.9. The first-order valence-electron chi connectivity index (χ1n) is 4.25. The van der Waals surface area contributed by atoms with Crippen molar-refractivity contribution in [1.29, 1.82) is 0 Å². The molecule has 0 amide bonds. The second kappa shape index (κ2) is 3.70. The van der Waals surface area contributed by atoms with Crippen molar-refractivity contribution in [3.8, 4) is 11.5 Å². The van der Waals surface area contributed by atoms with Gasteiger partial charge in [0.2, 0.25) is 11.8 Å². The molecule has 2 aromatic rings. The van der Waals surface area contributed by atoms with Gasteiger partial charge in [0.1, 0.15) is 0 Å². The van der Waals surface area contributed by atoms with E-state index in [2.05, 4.69) is 17.1 Å². The van der Waals surface area contributed by atoms with Gasteiger partial charge in [-0.25, -0.2) is 0 Å². The standard InChI is InChI=1S/C9H10N2OS/c1-2-3-8-10-11-9(12-8)7-4-5-13-6-7/h4-6H,2-3H2,1H3. The Morgan fingerprint density at radius 3 is 3.08 bits per heavy atom. The van der Waals surface area contributed by atoms with Gasteiger partial charge in [-0.05, 0) is 17.9 Å². The summed E-state index contributed by atoms with van der Waals surface area (Å²) >= 11 is 1.63. The van der Waals surface area contributed by atoms with Gasteiger partial charge in [-0.2, -0.15) is 11.3 Å². The molecule has 0 aliphatic carbocycles. The van der Waals surface area contributed by atoms with Crippen LogP contribution in [0.3, 0.4) is 0 Å². The molecule has 0 bridgehead atoms. The number of thiophene rings is 1. The van der Waals surface area contributed by atoms with E-state index in [0.717, 1.165) is 24.3 Å². The highest BCUT2D eigenvalue weighted by molar-refractivity contribution is 7.08. The van der Waals surface area contributed by atoms with Crippen molar-refractivity contribution in [2.45, 2.75) is 19.8 Å². The van der Waals surface area contributed by atoms with Crippen LogP contribution in [0.25, 0.3) is 11.5 Å². The van der Waals surface area contributed by atoms with Crippen LogP contribution in [0.5, 0.6) is 0 Å². The molecule has 0 saturated carbocycles. The summed E-state index contributed by atoms with van der Waals surface area (Å²) in [4.78, 5) is 0. The van der Waals surface area contributed by atoms with Crippen LogP contribution in [0.15, 0.2) is 21.2 Å². The first-order chi connectivity index (χ1) is 6.40. The lowest BCUT2D eigenvalue weighted by Crippen LogP contribution is -1.80. The molecule has 13 heavy (non-hydrogen) atoms. The molecule has 68 valence electrons. The fourth-order valence-corrected chi connectivity index (χ4v) is 1.70. The summed E-state index contributed by atoms with van der Waals surface area (Å²) in [5.74, 6) is 1.36. The van der Waals surface area contributed by atoms with Crippen molar-refractivity contribution < 1.29 is 4.42 Å². The van der Waals surface area contributed by atoms with Gasteiger partial charge in [-0.15, -0.1) is 10.2 Å². The van der Waals surface area contributed by atoms with Crippen molar-refractivity contribution in [3.05, 3.63) is 22.7 Å². The van der Waals surface area contributed by atoms with Crippen molar-refractivity contribution in [3.63, 3.8) is 0 Å². The first kappa shape index (κ1) is 8.44. The Labute approximate surface area is 80.4 Å². The summed E-state index contributed by atoms with van der Waals surface area (Å²) in [6, 6.07) is 1.98. The third-order valence-electron chi connectivity index (χ3n) is 1.70. The molecule has 0 aliphatic heterocycles. The molecule has 0 fully saturated rings. The van der Waals surface area contributed by atoms with Crippen molar-refractivity contribution in [2.24, 2.45) is 0 Å². The zero-order valence-corrected chi connectivity index (χ0v) is 8.17. The average Bonchev–Trinajstić information content (AvgIpc) is 2.70. The summed E-state index contributed by atoms with van der Waals surface area (Å²) in [6.07, 6.45) is 1.89. The lowest BCUT2D eigenvalue weighted by Gasteiger charge is -1.87. The van der Waals surface area contributed by atoms with Gasteiger partial charge in [-0.3, -0.25) is 0 Å². The van der Waals surface area contributed by atoms with Crippen molar-refractivity contribution >= 4 is 11.3 Å². The van der Waals surface area contributed by atoms with Crippen LogP contribution in [0.1, 0.15) is 19.2 Å². The normalized spacial score (nSPS) is 10.5. The van der Waals surface area contributed by atoms with Gasteiger partial charge in [-0.1, -0.05) is 6.92 Å². The monoisotopic (exact) mass is 194 g/mol. The van der Waals surface area contributed by atoms with Crippen LogP contribution in [-0.2, 0) is 6.42 Å². The van der Waals surface area contributed by atoms with Crippen LogP contribution in [0, 0.1) is 0 Å². The Morgan fingerprint density at radius 1 is 1.46 bits per heavy atom. The van der Waals surface area contributed by atoms with Crippen LogP contribution < -0.4 is 0 Å². The minimum Gasteiger partial charge on any atom is -0.421 e. The van der Waals surface area contributed by atoms with Gasteiger partial charge in [0.15, 0.2) is 0 Å². The largest absolute Gasteiger partial charge is 0.421 e. The number of hydrogen-bond acceptors (Lipinski definition) is 4. The van der Waals surface area contributed by atoms with Crippen LogP contribution in [-0.4, -0.2) is 10.2 Å². The maximum atomic E-state index is 5.45. The zero-order chi connectivity index (χ0) is 9.10. The van der Waals surface area contributed by atoms with Crippen LogP contribution in [0.4, 0.5) is 0 Å². The molecule has 0 saturated heterocycles. The highest BCUT2D eigenvalue weighted by Gasteiger charge is 2.07. The van der Waals surface area contributed by atoms with E-state index < -0.39 is 0 Å². The predicted octanol–water partition coefficient (Wildman–Crippen LogP) is 2.75. The van der Waals surface area contributed by atoms with Gasteiger partial charge in [0.05, 0.1) is 0 Å². The summed E-state index contributed by atoms with van der Waals surface area (Å²) in [7, 11) is 0. The van der Waals surface area contributed by atoms with E-state index in [-0.39, 0.29) is 0 Å². The molecule has 0 unspecified atom stereocenters. The van der Waals surface area contributed by atoms with Crippen molar-refractivity contribution in [2.75, 3.05) is 0 Å². The number of aromatic nitrogens is 2. The lowest BCUT2D eigenvalue weighted by molar-refractivity contribution is 0.502.